The Bertz CT molecular complexity index is 711. The van der Waals surface area contributed by atoms with Crippen molar-refractivity contribution < 1.29 is 0 Å². The topological polar surface area (TPSA) is 0 Å². The molecule has 0 saturated heterocycles. The Hall–Kier alpha value is -0.320. The highest BCUT2D eigenvalue weighted by Crippen LogP contribution is 2.48. The molecule has 1 aromatic heterocycles. The molecule has 0 aliphatic rings. The lowest BCUT2D eigenvalue weighted by molar-refractivity contribution is 1.62. The Labute approximate surface area is 154 Å². The summed E-state index contributed by atoms with van der Waals surface area (Å²) in [5.74, 6) is 0. The van der Waals surface area contributed by atoms with Gasteiger partial charge in [0.1, 0.15) is 0 Å². The number of rotatable bonds is 2. The molecule has 0 amide bonds. The number of hydrogen-bond acceptors (Lipinski definition) is 1. The monoisotopic (exact) mass is 460 g/mol. The summed E-state index contributed by atoms with van der Waals surface area (Å²) < 4.78 is 2.17. The van der Waals surface area contributed by atoms with Crippen molar-refractivity contribution in [2.45, 2.75) is 0 Å². The number of benzene rings is 2. The van der Waals surface area contributed by atoms with E-state index in [0.29, 0.717) is 0 Å². The second-order valence-electron chi connectivity index (χ2n) is 4.41. The molecule has 0 nitrogen and oxygen atoms in total. The molecule has 21 heavy (non-hydrogen) atoms. The predicted molar refractivity (Wildman–Crippen MR) is 101 cm³/mol. The normalized spacial score (nSPS) is 10.9. The van der Waals surface area contributed by atoms with Gasteiger partial charge in [0.2, 0.25) is 0 Å². The number of hydrogen-bond donors (Lipinski definition) is 0. The summed E-state index contributed by atoms with van der Waals surface area (Å²) in [6.45, 7) is 0. The summed E-state index contributed by atoms with van der Waals surface area (Å²) in [6.07, 6.45) is 0. The molecule has 3 aromatic rings. The Kier molecular flexibility index (Phi) is 4.77. The van der Waals surface area contributed by atoms with Crippen LogP contribution in [-0.4, -0.2) is 0 Å². The van der Waals surface area contributed by atoms with Crippen LogP contribution >= 0.6 is 66.4 Å². The molecular formula is C16H8Br2Cl2S. The average molecular weight is 463 g/mol. The molecule has 2 aromatic carbocycles. The predicted octanol–water partition coefficient (Wildman–Crippen LogP) is 7.91. The maximum Gasteiger partial charge on any atom is 0.0795 e. The van der Waals surface area contributed by atoms with Crippen LogP contribution < -0.4 is 0 Å². The van der Waals surface area contributed by atoms with E-state index in [1.807, 2.05) is 48.5 Å². The van der Waals surface area contributed by atoms with Gasteiger partial charge in [0.25, 0.3) is 0 Å². The summed E-state index contributed by atoms with van der Waals surface area (Å²) >= 11 is 21.0. The third-order valence-corrected chi connectivity index (χ3v) is 6.12. The minimum absolute atomic E-state index is 0.734. The number of thiophene rings is 1. The van der Waals surface area contributed by atoms with Gasteiger partial charge in [-0.25, -0.2) is 0 Å². The lowest BCUT2D eigenvalue weighted by Gasteiger charge is -2.07. The molecule has 3 rings (SSSR count). The Morgan fingerprint density at radius 2 is 0.952 bits per heavy atom. The second kappa shape index (κ2) is 6.43. The van der Waals surface area contributed by atoms with E-state index < -0.39 is 0 Å². The van der Waals surface area contributed by atoms with Crippen molar-refractivity contribution in [1.29, 1.82) is 0 Å². The fourth-order valence-corrected chi connectivity index (χ4v) is 5.66. The minimum Gasteiger partial charge on any atom is -0.120 e. The SMILES string of the molecule is Clc1ccc(-c2c(Br)sc(Br)c2-c2ccc(Cl)cc2)cc1. The maximum absolute atomic E-state index is 5.99. The van der Waals surface area contributed by atoms with Gasteiger partial charge in [-0.3, -0.25) is 0 Å². The Balaban J connectivity index is 2.21. The molecule has 5 heteroatoms. The lowest BCUT2D eigenvalue weighted by Crippen LogP contribution is -1.82. The van der Waals surface area contributed by atoms with E-state index in [-0.39, 0.29) is 0 Å². The van der Waals surface area contributed by atoms with Crippen LogP contribution in [0.25, 0.3) is 22.3 Å². The molecule has 0 saturated carbocycles. The van der Waals surface area contributed by atoms with Crippen molar-refractivity contribution in [1.82, 2.24) is 0 Å². The zero-order valence-electron chi connectivity index (χ0n) is 10.5. The second-order valence-corrected chi connectivity index (χ2v) is 8.94. The highest BCUT2D eigenvalue weighted by Gasteiger charge is 2.18. The first-order valence-electron chi connectivity index (χ1n) is 6.06. The van der Waals surface area contributed by atoms with Gasteiger partial charge >= 0.3 is 0 Å². The van der Waals surface area contributed by atoms with Crippen LogP contribution in [0.1, 0.15) is 0 Å². The minimum atomic E-state index is 0.734. The third kappa shape index (κ3) is 3.22. The molecule has 0 radical (unpaired) electrons. The van der Waals surface area contributed by atoms with E-state index in [9.17, 15) is 0 Å². The zero-order chi connectivity index (χ0) is 15.0. The highest BCUT2D eigenvalue weighted by molar-refractivity contribution is 9.12. The van der Waals surface area contributed by atoms with Crippen LogP contribution in [-0.2, 0) is 0 Å². The standard InChI is InChI=1S/C16H8Br2Cl2S/c17-15-13(9-1-5-11(19)6-2-9)14(16(18)21-15)10-3-7-12(20)8-4-10/h1-8H. The molecule has 1 heterocycles. The van der Waals surface area contributed by atoms with E-state index in [1.54, 1.807) is 11.3 Å². The summed E-state index contributed by atoms with van der Waals surface area (Å²) in [5.41, 5.74) is 4.56. The van der Waals surface area contributed by atoms with Gasteiger partial charge in [0.05, 0.1) is 7.57 Å². The van der Waals surface area contributed by atoms with Crippen LogP contribution in [0.4, 0.5) is 0 Å². The van der Waals surface area contributed by atoms with E-state index >= 15 is 0 Å². The molecule has 106 valence electrons. The zero-order valence-corrected chi connectivity index (χ0v) is 16.0. The molecule has 0 bridgehead atoms. The van der Waals surface area contributed by atoms with Crippen LogP contribution in [0.3, 0.4) is 0 Å². The number of halogens is 4. The van der Waals surface area contributed by atoms with E-state index in [2.05, 4.69) is 31.9 Å². The van der Waals surface area contributed by atoms with Crippen molar-refractivity contribution >= 4 is 66.4 Å². The molecule has 0 atom stereocenters. The molecule has 0 N–H and O–H groups in total. The van der Waals surface area contributed by atoms with Gasteiger partial charge in [0, 0.05) is 21.2 Å². The van der Waals surface area contributed by atoms with Crippen LogP contribution in [0.15, 0.2) is 56.1 Å². The molecule has 0 aliphatic heterocycles. The van der Waals surface area contributed by atoms with Gasteiger partial charge in [-0.15, -0.1) is 11.3 Å². The van der Waals surface area contributed by atoms with Crippen molar-refractivity contribution in [3.05, 3.63) is 66.1 Å². The molecule has 0 unspecified atom stereocenters. The van der Waals surface area contributed by atoms with Crippen molar-refractivity contribution in [3.8, 4) is 22.3 Å². The van der Waals surface area contributed by atoms with Gasteiger partial charge in [0.15, 0.2) is 0 Å². The Morgan fingerprint density at radius 3 is 1.29 bits per heavy atom. The molecule has 0 spiro atoms. The fraction of sp³-hybridized carbons (Fsp3) is 0. The molecule has 0 fully saturated rings. The van der Waals surface area contributed by atoms with Gasteiger partial charge in [-0.05, 0) is 67.3 Å². The summed E-state index contributed by atoms with van der Waals surface area (Å²) in [7, 11) is 0. The summed E-state index contributed by atoms with van der Waals surface area (Å²) in [4.78, 5) is 0. The van der Waals surface area contributed by atoms with Crippen molar-refractivity contribution in [2.75, 3.05) is 0 Å². The van der Waals surface area contributed by atoms with Crippen LogP contribution in [0.2, 0.25) is 10.0 Å². The van der Waals surface area contributed by atoms with Crippen molar-refractivity contribution in [3.63, 3.8) is 0 Å². The Morgan fingerprint density at radius 1 is 0.619 bits per heavy atom. The van der Waals surface area contributed by atoms with Gasteiger partial charge in [-0.1, -0.05) is 47.5 Å². The average Bonchev–Trinajstić information content (AvgIpc) is 2.75. The first kappa shape index (κ1) is 15.6. The highest BCUT2D eigenvalue weighted by atomic mass is 79.9. The summed E-state index contributed by atoms with van der Waals surface area (Å²) in [5, 5.41) is 1.47. The van der Waals surface area contributed by atoms with Crippen LogP contribution in [0, 0.1) is 0 Å². The van der Waals surface area contributed by atoms with Gasteiger partial charge < -0.3 is 0 Å². The van der Waals surface area contributed by atoms with Crippen molar-refractivity contribution in [2.24, 2.45) is 0 Å². The van der Waals surface area contributed by atoms with E-state index in [0.717, 1.165) is 39.9 Å². The molecule has 0 aliphatic carbocycles. The van der Waals surface area contributed by atoms with Gasteiger partial charge in [-0.2, -0.15) is 0 Å². The fourth-order valence-electron chi connectivity index (χ4n) is 2.13. The van der Waals surface area contributed by atoms with E-state index in [4.69, 9.17) is 23.2 Å². The largest absolute Gasteiger partial charge is 0.120 e. The molecular weight excluding hydrogens is 455 g/mol. The van der Waals surface area contributed by atoms with E-state index in [1.165, 1.54) is 0 Å². The first-order valence-corrected chi connectivity index (χ1v) is 9.22. The maximum atomic E-state index is 5.99. The smallest absolute Gasteiger partial charge is 0.0795 e. The summed E-state index contributed by atoms with van der Waals surface area (Å²) in [6, 6.07) is 15.7. The van der Waals surface area contributed by atoms with Crippen LogP contribution in [0.5, 0.6) is 0 Å². The first-order chi connectivity index (χ1) is 10.1. The quantitative estimate of drug-likeness (QED) is 0.363. The lowest BCUT2D eigenvalue weighted by atomic mass is 9.99. The third-order valence-electron chi connectivity index (χ3n) is 3.09.